The molecule has 2 aliphatic rings. The van der Waals surface area contributed by atoms with Gasteiger partial charge in [0.1, 0.15) is 5.84 Å². The minimum absolute atomic E-state index is 0.0456. The van der Waals surface area contributed by atoms with E-state index in [2.05, 4.69) is 11.1 Å². The van der Waals surface area contributed by atoms with E-state index in [9.17, 15) is 0 Å². The molecule has 1 aliphatic heterocycles. The number of nitrogens with two attached hydrogens (primary N) is 1. The van der Waals surface area contributed by atoms with Crippen molar-refractivity contribution in [1.29, 1.82) is 0 Å². The first-order valence-corrected chi connectivity index (χ1v) is 6.50. The Balaban J connectivity index is 2.08. The monoisotopic (exact) mass is 246 g/mol. The van der Waals surface area contributed by atoms with Crippen LogP contribution in [0.25, 0.3) is 0 Å². The zero-order valence-corrected chi connectivity index (χ0v) is 10.8. The average molecular weight is 246 g/mol. The van der Waals surface area contributed by atoms with Crippen LogP contribution in [0.5, 0.6) is 11.5 Å². The maximum atomic E-state index is 6.00. The lowest BCUT2D eigenvalue weighted by Gasteiger charge is -2.14. The van der Waals surface area contributed by atoms with Crippen molar-refractivity contribution in [2.75, 3.05) is 13.2 Å². The van der Waals surface area contributed by atoms with Gasteiger partial charge in [-0.25, -0.2) is 0 Å². The van der Waals surface area contributed by atoms with Gasteiger partial charge in [0.25, 0.3) is 0 Å². The van der Waals surface area contributed by atoms with Gasteiger partial charge >= 0.3 is 0 Å². The molecule has 1 fully saturated rings. The highest BCUT2D eigenvalue weighted by molar-refractivity contribution is 6.03. The fourth-order valence-corrected chi connectivity index (χ4v) is 2.54. The van der Waals surface area contributed by atoms with Crippen LogP contribution in [0, 0.1) is 0 Å². The van der Waals surface area contributed by atoms with Crippen molar-refractivity contribution in [2.24, 2.45) is 10.7 Å². The second-order valence-corrected chi connectivity index (χ2v) is 4.74. The summed E-state index contributed by atoms with van der Waals surface area (Å²) >= 11 is 0. The number of nitrogens with zero attached hydrogens (tertiary/aromatic N) is 1. The molecule has 0 bridgehead atoms. The highest BCUT2D eigenvalue weighted by Gasteiger charge is 2.50. The molecule has 0 saturated heterocycles. The van der Waals surface area contributed by atoms with Gasteiger partial charge in [0.2, 0.25) is 0 Å². The highest BCUT2D eigenvalue weighted by Crippen LogP contribution is 2.55. The topological polar surface area (TPSA) is 56.8 Å². The van der Waals surface area contributed by atoms with E-state index in [4.69, 9.17) is 15.2 Å². The summed E-state index contributed by atoms with van der Waals surface area (Å²) in [5.41, 5.74) is 8.17. The Bertz CT molecular complexity index is 519. The summed E-state index contributed by atoms with van der Waals surface area (Å²) in [6.45, 7) is 5.17. The highest BCUT2D eigenvalue weighted by atomic mass is 16.5. The van der Waals surface area contributed by atoms with Crippen LogP contribution in [0.4, 0.5) is 0 Å². The average Bonchev–Trinajstić information content (AvgIpc) is 3.06. The predicted molar refractivity (Wildman–Crippen MR) is 70.4 cm³/mol. The Labute approximate surface area is 107 Å². The van der Waals surface area contributed by atoms with E-state index >= 15 is 0 Å². The fourth-order valence-electron chi connectivity index (χ4n) is 2.54. The fraction of sp³-hybridized carbons (Fsp3) is 0.500. The van der Waals surface area contributed by atoms with Crippen molar-refractivity contribution in [3.05, 3.63) is 23.3 Å². The first kappa shape index (κ1) is 11.4. The zero-order chi connectivity index (χ0) is 12.8. The molecule has 0 aromatic heterocycles. The van der Waals surface area contributed by atoms with Crippen molar-refractivity contribution >= 4 is 5.84 Å². The molecule has 0 amide bonds. The van der Waals surface area contributed by atoms with Gasteiger partial charge in [-0.05, 0) is 44.4 Å². The van der Waals surface area contributed by atoms with E-state index in [0.717, 1.165) is 29.9 Å². The number of rotatable bonds is 4. The molecule has 0 atom stereocenters. The molecule has 4 nitrogen and oxygen atoms in total. The van der Waals surface area contributed by atoms with E-state index in [1.165, 1.54) is 5.56 Å². The van der Waals surface area contributed by atoms with Crippen molar-refractivity contribution in [1.82, 2.24) is 0 Å². The summed E-state index contributed by atoms with van der Waals surface area (Å²) in [6.07, 6.45) is 2.17. The Morgan fingerprint density at radius 3 is 2.33 bits per heavy atom. The molecule has 1 spiro atoms. The lowest BCUT2D eigenvalue weighted by Crippen LogP contribution is -2.11. The summed E-state index contributed by atoms with van der Waals surface area (Å²) in [7, 11) is 0. The summed E-state index contributed by atoms with van der Waals surface area (Å²) < 4.78 is 11.3. The minimum atomic E-state index is -0.0456. The van der Waals surface area contributed by atoms with Crippen molar-refractivity contribution < 1.29 is 9.47 Å². The van der Waals surface area contributed by atoms with Crippen molar-refractivity contribution in [2.45, 2.75) is 32.2 Å². The molecule has 1 aliphatic carbocycles. The van der Waals surface area contributed by atoms with Gasteiger partial charge in [0.15, 0.2) is 11.5 Å². The van der Waals surface area contributed by atoms with Crippen LogP contribution in [0.15, 0.2) is 17.1 Å². The number of hydrogen-bond donors (Lipinski definition) is 1. The van der Waals surface area contributed by atoms with Crippen LogP contribution < -0.4 is 15.2 Å². The molecule has 2 N–H and O–H groups in total. The summed E-state index contributed by atoms with van der Waals surface area (Å²) in [5, 5.41) is 0. The van der Waals surface area contributed by atoms with Crippen LogP contribution in [0.2, 0.25) is 0 Å². The summed E-state index contributed by atoms with van der Waals surface area (Å²) in [4.78, 5) is 4.59. The predicted octanol–water partition coefficient (Wildman–Crippen LogP) is 2.19. The molecule has 1 saturated carbocycles. The number of benzene rings is 1. The molecule has 4 heteroatoms. The standard InChI is InChI=1S/C14H18N2O2/c1-3-17-11-7-9-10(8-12(11)18-4-2)14(5-6-14)16-13(9)15/h7-8H,3-6H2,1-2H3,(H2,15,16). The third-order valence-electron chi connectivity index (χ3n) is 3.52. The molecule has 1 aromatic carbocycles. The number of amidine groups is 1. The number of hydrogen-bond acceptors (Lipinski definition) is 4. The van der Waals surface area contributed by atoms with Crippen LogP contribution in [-0.2, 0) is 5.54 Å². The number of ether oxygens (including phenoxy) is 2. The third-order valence-corrected chi connectivity index (χ3v) is 3.52. The largest absolute Gasteiger partial charge is 0.490 e. The Kier molecular flexibility index (Phi) is 2.47. The quantitative estimate of drug-likeness (QED) is 0.886. The van der Waals surface area contributed by atoms with Crippen molar-refractivity contribution in [3.8, 4) is 11.5 Å². The van der Waals surface area contributed by atoms with Gasteiger partial charge in [0.05, 0.1) is 18.8 Å². The molecule has 96 valence electrons. The van der Waals surface area contributed by atoms with Crippen LogP contribution in [-0.4, -0.2) is 19.0 Å². The molecule has 1 heterocycles. The van der Waals surface area contributed by atoms with Gasteiger partial charge in [-0.1, -0.05) is 0 Å². The van der Waals surface area contributed by atoms with E-state index in [1.54, 1.807) is 0 Å². The second kappa shape index (κ2) is 3.90. The van der Waals surface area contributed by atoms with E-state index < -0.39 is 0 Å². The van der Waals surface area contributed by atoms with Gasteiger partial charge in [0, 0.05) is 5.56 Å². The summed E-state index contributed by atoms with van der Waals surface area (Å²) in [5.74, 6) is 2.19. The van der Waals surface area contributed by atoms with Gasteiger partial charge in [-0.2, -0.15) is 0 Å². The molecule has 3 rings (SSSR count). The van der Waals surface area contributed by atoms with E-state index in [-0.39, 0.29) is 5.54 Å². The molecule has 18 heavy (non-hydrogen) atoms. The third kappa shape index (κ3) is 1.55. The zero-order valence-electron chi connectivity index (χ0n) is 10.8. The summed E-state index contributed by atoms with van der Waals surface area (Å²) in [6, 6.07) is 4.02. The Morgan fingerprint density at radius 2 is 1.78 bits per heavy atom. The molecular weight excluding hydrogens is 228 g/mol. The SMILES string of the molecule is CCOc1cc2c(cc1OCC)C1(CC1)N=C2N. The number of aliphatic imine (C=N–C) groups is 1. The van der Waals surface area contributed by atoms with Gasteiger partial charge < -0.3 is 15.2 Å². The van der Waals surface area contributed by atoms with E-state index in [1.807, 2.05) is 19.9 Å². The Morgan fingerprint density at radius 1 is 1.17 bits per heavy atom. The van der Waals surface area contributed by atoms with Crippen molar-refractivity contribution in [3.63, 3.8) is 0 Å². The molecule has 0 unspecified atom stereocenters. The maximum absolute atomic E-state index is 6.00. The minimum Gasteiger partial charge on any atom is -0.490 e. The first-order chi connectivity index (χ1) is 8.70. The molecule has 0 radical (unpaired) electrons. The van der Waals surface area contributed by atoms with Gasteiger partial charge in [-0.3, -0.25) is 4.99 Å². The normalized spacial score (nSPS) is 18.4. The van der Waals surface area contributed by atoms with Crippen LogP contribution in [0.1, 0.15) is 37.8 Å². The van der Waals surface area contributed by atoms with Gasteiger partial charge in [-0.15, -0.1) is 0 Å². The van der Waals surface area contributed by atoms with Crippen LogP contribution in [0.3, 0.4) is 0 Å². The smallest absolute Gasteiger partial charge is 0.161 e. The maximum Gasteiger partial charge on any atom is 0.161 e. The lowest BCUT2D eigenvalue weighted by atomic mass is 10.0. The first-order valence-electron chi connectivity index (χ1n) is 6.50. The van der Waals surface area contributed by atoms with Crippen LogP contribution >= 0.6 is 0 Å². The Hall–Kier alpha value is -1.71. The van der Waals surface area contributed by atoms with E-state index in [0.29, 0.717) is 19.0 Å². The molecular formula is C14H18N2O2. The molecule has 1 aromatic rings. The number of fused-ring (bicyclic) bond motifs is 2. The second-order valence-electron chi connectivity index (χ2n) is 4.74. The lowest BCUT2D eigenvalue weighted by molar-refractivity contribution is 0.287.